The molecule has 3 aromatic rings. The van der Waals surface area contributed by atoms with E-state index in [0.717, 1.165) is 10.6 Å². The minimum atomic E-state index is -4.10. The number of sulfonamides is 1. The number of aryl methyl sites for hydroxylation is 1. The molecule has 0 aliphatic heterocycles. The zero-order valence-corrected chi connectivity index (χ0v) is 16.4. The fourth-order valence-electron chi connectivity index (χ4n) is 2.54. The molecular weight excluding hydrogens is 388 g/mol. The Hall–Kier alpha value is -2.65. The van der Waals surface area contributed by atoms with Crippen LogP contribution in [0.25, 0.3) is 0 Å². The lowest BCUT2D eigenvalue weighted by molar-refractivity contribution is 0.508. The summed E-state index contributed by atoms with van der Waals surface area (Å²) in [6.07, 6.45) is 3.97. The third-order valence-electron chi connectivity index (χ3n) is 3.94. The molecule has 0 fully saturated rings. The number of sulfone groups is 1. The average molecular weight is 406 g/mol. The molecule has 1 aromatic carbocycles. The summed E-state index contributed by atoms with van der Waals surface area (Å²) < 4.78 is 57.0. The predicted molar refractivity (Wildman–Crippen MR) is 101 cm³/mol. The van der Waals surface area contributed by atoms with E-state index >= 15 is 0 Å². The van der Waals surface area contributed by atoms with Crippen LogP contribution < -0.4 is 4.31 Å². The standard InChI is InChI=1S/C18H18N2O5S2/c1-14-8-9-16(26(2,21)22)12-17(14)27(23,24)20(13-15-6-5-11-25-15)18-7-3-4-10-19-18/h3-12H,13H2,1-2H3. The fraction of sp³-hybridized carbons (Fsp3) is 0.167. The van der Waals surface area contributed by atoms with Crippen molar-refractivity contribution in [2.24, 2.45) is 0 Å². The molecule has 7 nitrogen and oxygen atoms in total. The van der Waals surface area contributed by atoms with Gasteiger partial charge in [-0.1, -0.05) is 12.1 Å². The highest BCUT2D eigenvalue weighted by atomic mass is 32.2. The molecule has 0 unspecified atom stereocenters. The van der Waals surface area contributed by atoms with Crippen LogP contribution in [0.2, 0.25) is 0 Å². The summed E-state index contributed by atoms with van der Waals surface area (Å²) in [5.41, 5.74) is 0.433. The number of rotatable bonds is 6. The summed E-state index contributed by atoms with van der Waals surface area (Å²) in [6, 6.07) is 12.3. The summed E-state index contributed by atoms with van der Waals surface area (Å²) >= 11 is 0. The molecule has 0 saturated carbocycles. The Kier molecular flexibility index (Phi) is 5.07. The number of hydrogen-bond acceptors (Lipinski definition) is 6. The van der Waals surface area contributed by atoms with Gasteiger partial charge in [-0.2, -0.15) is 0 Å². The third kappa shape index (κ3) is 4.04. The van der Waals surface area contributed by atoms with E-state index in [1.807, 2.05) is 0 Å². The van der Waals surface area contributed by atoms with Crippen LogP contribution in [0.3, 0.4) is 0 Å². The van der Waals surface area contributed by atoms with E-state index in [1.165, 1.54) is 30.7 Å². The average Bonchev–Trinajstić information content (AvgIpc) is 3.13. The molecule has 0 spiro atoms. The van der Waals surface area contributed by atoms with Gasteiger partial charge in [0.15, 0.2) is 9.84 Å². The molecule has 27 heavy (non-hydrogen) atoms. The maximum absolute atomic E-state index is 13.4. The highest BCUT2D eigenvalue weighted by molar-refractivity contribution is 7.93. The van der Waals surface area contributed by atoms with Crippen molar-refractivity contribution in [2.45, 2.75) is 23.3 Å². The van der Waals surface area contributed by atoms with Crippen molar-refractivity contribution in [2.75, 3.05) is 10.6 Å². The van der Waals surface area contributed by atoms with Crippen molar-refractivity contribution in [1.82, 2.24) is 4.98 Å². The first-order valence-corrected chi connectivity index (χ1v) is 11.3. The van der Waals surface area contributed by atoms with Crippen LogP contribution in [-0.4, -0.2) is 28.1 Å². The molecule has 0 atom stereocenters. The van der Waals surface area contributed by atoms with Gasteiger partial charge in [-0.3, -0.25) is 0 Å². The van der Waals surface area contributed by atoms with Crippen LogP contribution >= 0.6 is 0 Å². The van der Waals surface area contributed by atoms with E-state index in [9.17, 15) is 16.8 Å². The summed E-state index contributed by atoms with van der Waals surface area (Å²) in [4.78, 5) is 3.98. The Morgan fingerprint density at radius 2 is 1.81 bits per heavy atom. The van der Waals surface area contributed by atoms with Gasteiger partial charge >= 0.3 is 0 Å². The second kappa shape index (κ2) is 7.16. The molecule has 0 bridgehead atoms. The van der Waals surface area contributed by atoms with Crippen LogP contribution in [0, 0.1) is 6.92 Å². The Balaban J connectivity index is 2.16. The lowest BCUT2D eigenvalue weighted by Crippen LogP contribution is -2.31. The van der Waals surface area contributed by atoms with Crippen molar-refractivity contribution in [1.29, 1.82) is 0 Å². The maximum Gasteiger partial charge on any atom is 0.266 e. The third-order valence-corrected chi connectivity index (χ3v) is 6.94. The van der Waals surface area contributed by atoms with Crippen LogP contribution in [0.5, 0.6) is 0 Å². The number of pyridine rings is 1. The minimum absolute atomic E-state index is 0.0642. The van der Waals surface area contributed by atoms with Crippen LogP contribution in [0.15, 0.2) is 75.2 Å². The lowest BCUT2D eigenvalue weighted by Gasteiger charge is -2.23. The molecule has 9 heteroatoms. The normalized spacial score (nSPS) is 12.1. The van der Waals surface area contributed by atoms with Crippen molar-refractivity contribution < 1.29 is 21.3 Å². The quantitative estimate of drug-likeness (QED) is 0.624. The molecule has 0 saturated heterocycles. The SMILES string of the molecule is Cc1ccc(S(C)(=O)=O)cc1S(=O)(=O)N(Cc1ccco1)c1ccccn1. The smallest absolute Gasteiger partial charge is 0.266 e. The molecule has 0 N–H and O–H groups in total. The molecular formula is C18H18N2O5S2. The zero-order chi connectivity index (χ0) is 19.7. The molecule has 142 valence electrons. The molecule has 3 rings (SSSR count). The van der Waals surface area contributed by atoms with Gasteiger partial charge in [0, 0.05) is 12.5 Å². The van der Waals surface area contributed by atoms with Gasteiger partial charge < -0.3 is 4.42 Å². The van der Waals surface area contributed by atoms with Crippen molar-refractivity contribution >= 4 is 25.7 Å². The van der Waals surface area contributed by atoms with Crippen molar-refractivity contribution in [3.05, 3.63) is 72.3 Å². The fourth-order valence-corrected chi connectivity index (χ4v) is 4.90. The van der Waals surface area contributed by atoms with Crippen molar-refractivity contribution in [3.63, 3.8) is 0 Å². The van der Waals surface area contributed by atoms with Gasteiger partial charge in [0.2, 0.25) is 0 Å². The molecule has 0 radical (unpaired) electrons. The Morgan fingerprint density at radius 1 is 1.04 bits per heavy atom. The van der Waals surface area contributed by atoms with E-state index in [0.29, 0.717) is 11.3 Å². The second-order valence-electron chi connectivity index (χ2n) is 5.98. The summed E-state index contributed by atoms with van der Waals surface area (Å²) in [6.45, 7) is 1.54. The van der Waals surface area contributed by atoms with Gasteiger partial charge in [0.05, 0.1) is 22.6 Å². The maximum atomic E-state index is 13.4. The number of nitrogens with zero attached hydrogens (tertiary/aromatic N) is 2. The number of benzene rings is 1. The monoisotopic (exact) mass is 406 g/mol. The number of anilines is 1. The molecule has 0 aliphatic rings. The predicted octanol–water partition coefficient (Wildman–Crippen LogP) is 2.78. The summed E-state index contributed by atoms with van der Waals surface area (Å²) in [7, 11) is -7.66. The molecule has 0 amide bonds. The van der Waals surface area contributed by atoms with Crippen molar-refractivity contribution in [3.8, 4) is 0 Å². The topological polar surface area (TPSA) is 97.5 Å². The van der Waals surface area contributed by atoms with E-state index in [4.69, 9.17) is 4.42 Å². The number of furan rings is 1. The Bertz CT molecular complexity index is 1140. The van der Waals surface area contributed by atoms with Gasteiger partial charge in [-0.15, -0.1) is 0 Å². The molecule has 2 heterocycles. The van der Waals surface area contributed by atoms with E-state index < -0.39 is 19.9 Å². The number of hydrogen-bond donors (Lipinski definition) is 0. The highest BCUT2D eigenvalue weighted by Gasteiger charge is 2.29. The molecule has 0 aliphatic carbocycles. The first kappa shape index (κ1) is 19.1. The van der Waals surface area contributed by atoms with Crippen LogP contribution in [0.4, 0.5) is 5.82 Å². The van der Waals surface area contributed by atoms with Gasteiger partial charge in [-0.05, 0) is 48.9 Å². The Labute approximate surface area is 158 Å². The van der Waals surface area contributed by atoms with Crippen LogP contribution in [0.1, 0.15) is 11.3 Å². The second-order valence-corrected chi connectivity index (χ2v) is 9.82. The lowest BCUT2D eigenvalue weighted by atomic mass is 10.2. The molecule has 2 aromatic heterocycles. The highest BCUT2D eigenvalue weighted by Crippen LogP contribution is 2.28. The zero-order valence-electron chi connectivity index (χ0n) is 14.7. The summed E-state index contributed by atoms with van der Waals surface area (Å²) in [5.74, 6) is 0.638. The van der Waals surface area contributed by atoms with E-state index in [-0.39, 0.29) is 22.2 Å². The van der Waals surface area contributed by atoms with E-state index in [1.54, 1.807) is 37.3 Å². The Morgan fingerprint density at radius 3 is 2.41 bits per heavy atom. The van der Waals surface area contributed by atoms with Gasteiger partial charge in [-0.25, -0.2) is 26.1 Å². The van der Waals surface area contributed by atoms with Gasteiger partial charge in [0.25, 0.3) is 10.0 Å². The number of aromatic nitrogens is 1. The van der Waals surface area contributed by atoms with Crippen LogP contribution in [-0.2, 0) is 26.4 Å². The largest absolute Gasteiger partial charge is 0.467 e. The minimum Gasteiger partial charge on any atom is -0.467 e. The first-order valence-electron chi connectivity index (χ1n) is 7.96. The van der Waals surface area contributed by atoms with Gasteiger partial charge in [0.1, 0.15) is 11.6 Å². The van der Waals surface area contributed by atoms with E-state index in [2.05, 4.69) is 4.98 Å². The summed E-state index contributed by atoms with van der Waals surface area (Å²) in [5, 5.41) is 0. The first-order chi connectivity index (χ1) is 12.7.